The SMILES string of the molecule is CCC(C)C(=O)N1Cc2ccccc2CC1C(=O)N(C)c1nnc(C)s1. The van der Waals surface area contributed by atoms with Gasteiger partial charge in [0.15, 0.2) is 0 Å². The molecule has 0 aliphatic carbocycles. The summed E-state index contributed by atoms with van der Waals surface area (Å²) in [5, 5.41) is 9.42. The first-order valence-corrected chi connectivity index (χ1v) is 9.69. The van der Waals surface area contributed by atoms with Crippen molar-refractivity contribution in [2.75, 3.05) is 11.9 Å². The fourth-order valence-corrected chi connectivity index (χ4v) is 3.83. The molecule has 1 aromatic heterocycles. The molecule has 0 N–H and O–H groups in total. The van der Waals surface area contributed by atoms with Crippen LogP contribution >= 0.6 is 11.3 Å². The Hall–Kier alpha value is -2.28. The predicted octanol–water partition coefficient (Wildman–Crippen LogP) is 2.81. The summed E-state index contributed by atoms with van der Waals surface area (Å²) in [5.41, 5.74) is 2.24. The molecule has 2 heterocycles. The average Bonchev–Trinajstić information content (AvgIpc) is 3.10. The van der Waals surface area contributed by atoms with Gasteiger partial charge in [0.05, 0.1) is 0 Å². The number of carbonyl (C=O) groups excluding carboxylic acids is 2. The summed E-state index contributed by atoms with van der Waals surface area (Å²) in [6, 6.07) is 7.51. The van der Waals surface area contributed by atoms with E-state index in [0.717, 1.165) is 22.6 Å². The van der Waals surface area contributed by atoms with Crippen LogP contribution in [0.2, 0.25) is 0 Å². The van der Waals surface area contributed by atoms with Crippen LogP contribution in [0.25, 0.3) is 0 Å². The van der Waals surface area contributed by atoms with Gasteiger partial charge in [-0.25, -0.2) is 0 Å². The van der Waals surface area contributed by atoms with Gasteiger partial charge in [-0.05, 0) is 24.5 Å². The molecular weight excluding hydrogens is 348 g/mol. The van der Waals surface area contributed by atoms with Crippen molar-refractivity contribution >= 4 is 28.3 Å². The van der Waals surface area contributed by atoms with Crippen LogP contribution in [0.4, 0.5) is 5.13 Å². The second-order valence-corrected chi connectivity index (χ2v) is 7.93. The van der Waals surface area contributed by atoms with Gasteiger partial charge in [-0.3, -0.25) is 14.5 Å². The number of hydrogen-bond donors (Lipinski definition) is 0. The van der Waals surface area contributed by atoms with E-state index in [0.29, 0.717) is 18.1 Å². The van der Waals surface area contributed by atoms with Gasteiger partial charge in [0.2, 0.25) is 11.0 Å². The number of aryl methyl sites for hydroxylation is 1. The number of carbonyl (C=O) groups is 2. The number of rotatable bonds is 4. The third-order valence-electron chi connectivity index (χ3n) is 4.98. The van der Waals surface area contributed by atoms with Crippen LogP contribution in [0.5, 0.6) is 0 Å². The van der Waals surface area contributed by atoms with Crippen molar-refractivity contribution in [1.29, 1.82) is 0 Å². The molecule has 1 aliphatic heterocycles. The lowest BCUT2D eigenvalue weighted by Crippen LogP contribution is -2.54. The van der Waals surface area contributed by atoms with Gasteiger partial charge < -0.3 is 4.90 Å². The smallest absolute Gasteiger partial charge is 0.251 e. The third kappa shape index (κ3) is 3.49. The molecule has 2 atom stereocenters. The summed E-state index contributed by atoms with van der Waals surface area (Å²) in [5.74, 6) is -0.195. The topological polar surface area (TPSA) is 66.4 Å². The summed E-state index contributed by atoms with van der Waals surface area (Å²) in [6.07, 6.45) is 1.28. The lowest BCUT2D eigenvalue weighted by Gasteiger charge is -2.38. The van der Waals surface area contributed by atoms with Crippen molar-refractivity contribution in [3.8, 4) is 0 Å². The number of fused-ring (bicyclic) bond motifs is 1. The van der Waals surface area contributed by atoms with E-state index in [2.05, 4.69) is 10.2 Å². The van der Waals surface area contributed by atoms with E-state index in [1.807, 2.05) is 45.0 Å². The number of hydrogen-bond acceptors (Lipinski definition) is 5. The number of anilines is 1. The molecule has 0 spiro atoms. The molecule has 0 bridgehead atoms. The molecule has 3 rings (SSSR count). The monoisotopic (exact) mass is 372 g/mol. The van der Waals surface area contributed by atoms with Crippen LogP contribution < -0.4 is 4.90 Å². The van der Waals surface area contributed by atoms with Crippen LogP contribution in [-0.4, -0.2) is 40.0 Å². The molecule has 6 nitrogen and oxygen atoms in total. The molecule has 0 saturated carbocycles. The van der Waals surface area contributed by atoms with Crippen molar-refractivity contribution < 1.29 is 9.59 Å². The van der Waals surface area contributed by atoms with E-state index in [1.165, 1.54) is 16.2 Å². The van der Waals surface area contributed by atoms with E-state index < -0.39 is 6.04 Å². The number of benzene rings is 1. The molecule has 2 aromatic rings. The molecule has 0 radical (unpaired) electrons. The van der Waals surface area contributed by atoms with Crippen molar-refractivity contribution in [2.24, 2.45) is 5.92 Å². The molecule has 0 saturated heterocycles. The summed E-state index contributed by atoms with van der Waals surface area (Å²) >= 11 is 1.37. The first-order valence-electron chi connectivity index (χ1n) is 8.87. The number of nitrogens with zero attached hydrogens (tertiary/aromatic N) is 4. The average molecular weight is 372 g/mol. The van der Waals surface area contributed by atoms with E-state index in [1.54, 1.807) is 11.9 Å². The minimum Gasteiger partial charge on any atom is -0.326 e. The van der Waals surface area contributed by atoms with E-state index in [9.17, 15) is 9.59 Å². The highest BCUT2D eigenvalue weighted by Crippen LogP contribution is 2.28. The normalized spacial score (nSPS) is 17.5. The quantitative estimate of drug-likeness (QED) is 0.828. The van der Waals surface area contributed by atoms with Gasteiger partial charge in [0.25, 0.3) is 5.91 Å². The zero-order valence-corrected chi connectivity index (χ0v) is 16.4. The minimum atomic E-state index is -0.513. The minimum absolute atomic E-state index is 0.0298. The Morgan fingerprint density at radius 2 is 2.00 bits per heavy atom. The summed E-state index contributed by atoms with van der Waals surface area (Å²) in [4.78, 5) is 29.4. The van der Waals surface area contributed by atoms with Crippen LogP contribution in [0.3, 0.4) is 0 Å². The largest absolute Gasteiger partial charge is 0.326 e. The standard InChI is InChI=1S/C19H24N4O2S/c1-5-12(2)17(24)23-11-15-9-7-6-8-14(15)10-16(23)18(25)22(4)19-21-20-13(3)26-19/h6-9,12,16H,5,10-11H2,1-4H3. The zero-order chi connectivity index (χ0) is 18.8. The van der Waals surface area contributed by atoms with Crippen molar-refractivity contribution in [1.82, 2.24) is 15.1 Å². The predicted molar refractivity (Wildman–Crippen MR) is 102 cm³/mol. The van der Waals surface area contributed by atoms with E-state index in [4.69, 9.17) is 0 Å². The molecule has 138 valence electrons. The van der Waals surface area contributed by atoms with Crippen molar-refractivity contribution in [2.45, 2.75) is 46.2 Å². The molecule has 0 fully saturated rings. The Kier molecular flexibility index (Phi) is 5.36. The Bertz CT molecular complexity index is 819. The fourth-order valence-electron chi connectivity index (χ4n) is 3.17. The highest BCUT2D eigenvalue weighted by molar-refractivity contribution is 7.15. The maximum Gasteiger partial charge on any atom is 0.251 e. The summed E-state index contributed by atoms with van der Waals surface area (Å²) in [6.45, 7) is 6.24. The van der Waals surface area contributed by atoms with Gasteiger partial charge in [-0.1, -0.05) is 49.4 Å². The molecule has 2 unspecified atom stereocenters. The van der Waals surface area contributed by atoms with Crippen LogP contribution in [0, 0.1) is 12.8 Å². The molecule has 1 aromatic carbocycles. The Morgan fingerprint density at radius 3 is 2.62 bits per heavy atom. The van der Waals surface area contributed by atoms with Crippen LogP contribution in [-0.2, 0) is 22.6 Å². The van der Waals surface area contributed by atoms with Gasteiger partial charge in [0, 0.05) is 25.9 Å². The van der Waals surface area contributed by atoms with Gasteiger partial charge in [-0.2, -0.15) is 0 Å². The van der Waals surface area contributed by atoms with Crippen molar-refractivity contribution in [3.63, 3.8) is 0 Å². The lowest BCUT2D eigenvalue weighted by atomic mass is 9.91. The first-order chi connectivity index (χ1) is 12.4. The maximum absolute atomic E-state index is 13.2. The second kappa shape index (κ2) is 7.53. The Morgan fingerprint density at radius 1 is 1.31 bits per heavy atom. The Labute approximate surface area is 157 Å². The third-order valence-corrected chi connectivity index (χ3v) is 5.90. The highest BCUT2D eigenvalue weighted by atomic mass is 32.1. The molecule has 7 heteroatoms. The molecule has 1 aliphatic rings. The fraction of sp³-hybridized carbons (Fsp3) is 0.474. The second-order valence-electron chi connectivity index (χ2n) is 6.76. The van der Waals surface area contributed by atoms with E-state index in [-0.39, 0.29) is 17.7 Å². The maximum atomic E-state index is 13.2. The molecule has 26 heavy (non-hydrogen) atoms. The van der Waals surface area contributed by atoms with Gasteiger partial charge >= 0.3 is 0 Å². The first kappa shape index (κ1) is 18.5. The number of aromatic nitrogens is 2. The summed E-state index contributed by atoms with van der Waals surface area (Å²) < 4.78 is 0. The molecule has 2 amide bonds. The Balaban J connectivity index is 1.92. The highest BCUT2D eigenvalue weighted by Gasteiger charge is 2.38. The molecular formula is C19H24N4O2S. The lowest BCUT2D eigenvalue weighted by molar-refractivity contribution is -0.143. The van der Waals surface area contributed by atoms with Crippen LogP contribution in [0.1, 0.15) is 36.4 Å². The van der Waals surface area contributed by atoms with Gasteiger partial charge in [-0.15, -0.1) is 10.2 Å². The number of amides is 2. The van der Waals surface area contributed by atoms with Crippen molar-refractivity contribution in [3.05, 3.63) is 40.4 Å². The van der Waals surface area contributed by atoms with Gasteiger partial charge in [0.1, 0.15) is 11.0 Å². The summed E-state index contributed by atoms with van der Waals surface area (Å²) in [7, 11) is 1.70. The van der Waals surface area contributed by atoms with E-state index >= 15 is 0 Å². The number of likely N-dealkylation sites (N-methyl/N-ethyl adjacent to an activating group) is 1. The van der Waals surface area contributed by atoms with Crippen LogP contribution in [0.15, 0.2) is 24.3 Å². The zero-order valence-electron chi connectivity index (χ0n) is 15.6.